The first-order valence-corrected chi connectivity index (χ1v) is 17.6. The normalized spacial score (nSPS) is 17.6. The largest absolute Gasteiger partial charge is 0.487 e. The molecule has 0 saturated carbocycles. The lowest BCUT2D eigenvalue weighted by molar-refractivity contribution is -0.124. The molecule has 0 radical (unpaired) electrons. The molecule has 0 saturated heterocycles. The first-order valence-electron chi connectivity index (χ1n) is 16.1. The molecule has 1 aliphatic heterocycles. The third-order valence-corrected chi connectivity index (χ3v) is 11.2. The minimum absolute atomic E-state index is 0.199. The van der Waals surface area contributed by atoms with Crippen LogP contribution in [0.4, 0.5) is 5.69 Å². The Bertz CT molecular complexity index is 1950. The Morgan fingerprint density at radius 1 is 1.08 bits per heavy atom. The van der Waals surface area contributed by atoms with E-state index >= 15 is 0 Å². The van der Waals surface area contributed by atoms with Gasteiger partial charge < -0.3 is 10.1 Å². The number of aromatic nitrogens is 6. The highest BCUT2D eigenvalue weighted by atomic mass is 32.3. The van der Waals surface area contributed by atoms with Gasteiger partial charge in [-0.05, 0) is 61.1 Å². The van der Waals surface area contributed by atoms with Crippen LogP contribution in [0.15, 0.2) is 72.4 Å². The zero-order chi connectivity index (χ0) is 34.2. The fourth-order valence-electron chi connectivity index (χ4n) is 6.46. The van der Waals surface area contributed by atoms with Crippen molar-refractivity contribution in [1.82, 2.24) is 34.3 Å². The highest BCUT2D eigenvalue weighted by molar-refractivity contribution is 8.22. The van der Waals surface area contributed by atoms with Crippen LogP contribution in [0.25, 0.3) is 11.0 Å². The summed E-state index contributed by atoms with van der Waals surface area (Å²) in [6, 6.07) is 11.9. The zero-order valence-electron chi connectivity index (χ0n) is 28.1. The number of benzene rings is 2. The van der Waals surface area contributed by atoms with Crippen LogP contribution in [-0.4, -0.2) is 61.9 Å². The predicted octanol–water partition coefficient (Wildman–Crippen LogP) is 6.75. The lowest BCUT2D eigenvalue weighted by Gasteiger charge is -2.42. The van der Waals surface area contributed by atoms with Gasteiger partial charge in [0.1, 0.15) is 28.6 Å². The van der Waals surface area contributed by atoms with Gasteiger partial charge in [0.2, 0.25) is 5.91 Å². The Labute approximate surface area is 282 Å². The van der Waals surface area contributed by atoms with E-state index in [1.807, 2.05) is 64.4 Å². The number of nitrogens with one attached hydrogen (secondary N) is 1. The van der Waals surface area contributed by atoms with Crippen LogP contribution in [0.3, 0.4) is 0 Å². The number of amides is 1. The van der Waals surface area contributed by atoms with E-state index in [0.29, 0.717) is 30.9 Å². The van der Waals surface area contributed by atoms with Crippen molar-refractivity contribution < 1.29 is 18.6 Å². The quantitative estimate of drug-likeness (QED) is 0.154. The molecule has 0 fully saturated rings. The number of fused-ring (bicyclic) bond motifs is 2. The molecule has 3 N–H and O–H groups in total. The summed E-state index contributed by atoms with van der Waals surface area (Å²) < 4.78 is 33.1. The third kappa shape index (κ3) is 6.14. The Morgan fingerprint density at radius 3 is 2.58 bits per heavy atom. The molecule has 252 valence electrons. The molecule has 5 aromatic rings. The molecule has 2 unspecified atom stereocenters. The molecule has 0 aliphatic carbocycles. The van der Waals surface area contributed by atoms with Gasteiger partial charge in [-0.15, -0.1) is 15.9 Å². The third-order valence-electron chi connectivity index (χ3n) is 9.33. The van der Waals surface area contributed by atoms with Gasteiger partial charge in [-0.3, -0.25) is 18.9 Å². The van der Waals surface area contributed by atoms with Crippen LogP contribution < -0.4 is 10.1 Å². The summed E-state index contributed by atoms with van der Waals surface area (Å²) in [6.07, 6.45) is 8.07. The smallest absolute Gasteiger partial charge is 0.231 e. The van der Waals surface area contributed by atoms with Gasteiger partial charge in [0.05, 0.1) is 41.8 Å². The predicted molar refractivity (Wildman–Crippen MR) is 186 cm³/mol. The molecule has 0 bridgehead atoms. The summed E-state index contributed by atoms with van der Waals surface area (Å²) in [5, 5.41) is 11.9. The van der Waals surface area contributed by atoms with Crippen LogP contribution in [0.5, 0.6) is 5.75 Å². The molecular weight excluding hydrogens is 629 g/mol. The van der Waals surface area contributed by atoms with Gasteiger partial charge in [-0.1, -0.05) is 50.3 Å². The number of rotatable bonds is 9. The maximum absolute atomic E-state index is 14.1. The van der Waals surface area contributed by atoms with Gasteiger partial charge in [0.15, 0.2) is 0 Å². The lowest BCUT2D eigenvalue weighted by atomic mass is 9.69. The van der Waals surface area contributed by atoms with Crippen molar-refractivity contribution in [3.05, 3.63) is 95.3 Å². The van der Waals surface area contributed by atoms with Gasteiger partial charge in [-0.2, -0.15) is 4.31 Å². The van der Waals surface area contributed by atoms with Crippen molar-refractivity contribution >= 4 is 33.4 Å². The average Bonchev–Trinajstić information content (AvgIpc) is 3.46. The number of pyridine rings is 1. The summed E-state index contributed by atoms with van der Waals surface area (Å²) in [6.45, 7) is 13.2. The number of anilines is 1. The molecule has 6 rings (SSSR count). The van der Waals surface area contributed by atoms with E-state index in [2.05, 4.69) is 42.7 Å². The highest BCUT2D eigenvalue weighted by Crippen LogP contribution is 2.57. The van der Waals surface area contributed by atoms with Crippen LogP contribution in [0.1, 0.15) is 67.9 Å². The van der Waals surface area contributed by atoms with Crippen LogP contribution in [-0.2, 0) is 17.9 Å². The number of aryl methyl sites for hydroxylation is 3. The Hall–Kier alpha value is -4.43. The van der Waals surface area contributed by atoms with E-state index in [0.717, 1.165) is 38.9 Å². The van der Waals surface area contributed by atoms with Crippen LogP contribution >= 0.6 is 10.8 Å². The first-order chi connectivity index (χ1) is 22.9. The second kappa shape index (κ2) is 13.2. The van der Waals surface area contributed by atoms with Crippen molar-refractivity contribution in [2.24, 2.45) is 5.41 Å². The minimum atomic E-state index is -3.42. The number of carbonyl (C=O) groups is 1. The van der Waals surface area contributed by atoms with E-state index < -0.39 is 22.1 Å². The Kier molecular flexibility index (Phi) is 9.22. The van der Waals surface area contributed by atoms with Gasteiger partial charge in [0.25, 0.3) is 0 Å². The first kappa shape index (κ1) is 33.5. The summed E-state index contributed by atoms with van der Waals surface area (Å²) in [5.74, 6) is -0.180. The van der Waals surface area contributed by atoms with Crippen molar-refractivity contribution in [3.8, 4) is 5.75 Å². The molecule has 2 aromatic carbocycles. The molecule has 4 heterocycles. The van der Waals surface area contributed by atoms with E-state index in [-0.39, 0.29) is 23.5 Å². The number of carbonyl (C=O) groups excluding carboxylic acids is 1. The molecule has 3 aromatic heterocycles. The van der Waals surface area contributed by atoms with Gasteiger partial charge in [0, 0.05) is 31.3 Å². The molecular formula is C35H42N8O4S. The molecule has 1 aliphatic rings. The van der Waals surface area contributed by atoms with Crippen molar-refractivity contribution in [2.75, 3.05) is 11.9 Å². The maximum Gasteiger partial charge on any atom is 0.231 e. The van der Waals surface area contributed by atoms with Crippen LogP contribution in [0.2, 0.25) is 0 Å². The zero-order valence-corrected chi connectivity index (χ0v) is 28.9. The summed E-state index contributed by atoms with van der Waals surface area (Å²) in [4.78, 5) is 26.7. The topological polar surface area (TPSA) is 151 Å². The fraction of sp³-hybridized carbons (Fsp3) is 0.371. The monoisotopic (exact) mass is 670 g/mol. The SMILES string of the molecule is CCC1CN(Cc2cc(C(c3ccc4c(nnn4CC)c3C)C(C)(C)C(=O)Nc3cncnc3)ccc2C)S(O)(O)c2cnccc2O1. The lowest BCUT2D eigenvalue weighted by Crippen LogP contribution is -2.37. The molecule has 0 spiro atoms. The Balaban J connectivity index is 1.45. The average molecular weight is 671 g/mol. The Morgan fingerprint density at radius 2 is 1.85 bits per heavy atom. The minimum Gasteiger partial charge on any atom is -0.487 e. The summed E-state index contributed by atoms with van der Waals surface area (Å²) in [5.41, 5.74) is 5.93. The number of hydrogen-bond donors (Lipinski definition) is 3. The summed E-state index contributed by atoms with van der Waals surface area (Å²) >= 11 is 0. The van der Waals surface area contributed by atoms with E-state index in [9.17, 15) is 13.9 Å². The molecule has 1 amide bonds. The molecule has 12 nitrogen and oxygen atoms in total. The second-order valence-electron chi connectivity index (χ2n) is 12.8. The highest BCUT2D eigenvalue weighted by Gasteiger charge is 2.41. The van der Waals surface area contributed by atoms with Gasteiger partial charge in [-0.25, -0.2) is 14.6 Å². The molecule has 13 heteroatoms. The summed E-state index contributed by atoms with van der Waals surface area (Å²) in [7, 11) is -3.42. The molecule has 2 atom stereocenters. The molecule has 48 heavy (non-hydrogen) atoms. The number of ether oxygens (including phenoxy) is 1. The van der Waals surface area contributed by atoms with E-state index in [1.165, 1.54) is 12.5 Å². The standard InChI is InChI=1S/C35H42N8O4S/c1-7-27-20-42(48(45,46)31-18-36-14-13-30(31)47-27)19-25-15-24(10-9-22(25)3)32(35(5,6)34(44)39-26-16-37-21-38-17-26)28-11-12-29-33(23(28)4)40-41-43(29)8-2/h9-18,21,27,32,45-46H,7-8,19-20H2,1-6H3,(H,39,44). The van der Waals surface area contributed by atoms with E-state index in [4.69, 9.17) is 4.74 Å². The van der Waals surface area contributed by atoms with Crippen molar-refractivity contribution in [2.45, 2.75) is 78.0 Å². The van der Waals surface area contributed by atoms with Crippen molar-refractivity contribution in [3.63, 3.8) is 0 Å². The number of nitrogens with zero attached hydrogens (tertiary/aromatic N) is 7. The van der Waals surface area contributed by atoms with Gasteiger partial charge >= 0.3 is 0 Å². The number of hydrogen-bond acceptors (Lipinski definition) is 10. The fourth-order valence-corrected chi connectivity index (χ4v) is 8.02. The maximum atomic E-state index is 14.1. The second-order valence-corrected chi connectivity index (χ2v) is 14.8. The van der Waals surface area contributed by atoms with E-state index in [1.54, 1.807) is 29.0 Å². The van der Waals surface area contributed by atoms with Crippen molar-refractivity contribution in [1.29, 1.82) is 0 Å². The van der Waals surface area contributed by atoms with Crippen LogP contribution in [0, 0.1) is 19.3 Å².